The molecule has 1 amide bonds. The van der Waals surface area contributed by atoms with Gasteiger partial charge in [-0.15, -0.1) is 0 Å². The molecular weight excluding hydrogens is 366 g/mol. The third-order valence-electron chi connectivity index (χ3n) is 3.40. The van der Waals surface area contributed by atoms with Crippen LogP contribution < -0.4 is 19.6 Å². The number of ether oxygens (including phenoxy) is 3. The second kappa shape index (κ2) is 9.91. The van der Waals surface area contributed by atoms with Crippen molar-refractivity contribution in [3.05, 3.63) is 58.1 Å². The minimum atomic E-state index is -0.579. The van der Waals surface area contributed by atoms with Gasteiger partial charge < -0.3 is 14.2 Å². The maximum atomic E-state index is 11.9. The number of rotatable bonds is 9. The highest BCUT2D eigenvalue weighted by molar-refractivity contribution is 5.86. The Morgan fingerprint density at radius 2 is 1.93 bits per heavy atom. The Morgan fingerprint density at radius 1 is 1.21 bits per heavy atom. The van der Waals surface area contributed by atoms with Crippen LogP contribution in [0.1, 0.15) is 19.4 Å². The van der Waals surface area contributed by atoms with Gasteiger partial charge in [-0.3, -0.25) is 14.9 Å². The second-order valence-corrected chi connectivity index (χ2v) is 5.85. The summed E-state index contributed by atoms with van der Waals surface area (Å²) in [6, 6.07) is 11.1. The smallest absolute Gasteiger partial charge is 0.310 e. The van der Waals surface area contributed by atoms with Crippen molar-refractivity contribution in [2.45, 2.75) is 20.0 Å². The summed E-state index contributed by atoms with van der Waals surface area (Å²) < 4.78 is 16.2. The number of nitro benzene ring substituents is 1. The molecule has 28 heavy (non-hydrogen) atoms. The Labute approximate surface area is 162 Å². The first kappa shape index (κ1) is 20.7. The van der Waals surface area contributed by atoms with Crippen molar-refractivity contribution in [3.8, 4) is 17.2 Å². The van der Waals surface area contributed by atoms with Gasteiger partial charge in [-0.25, -0.2) is 5.43 Å². The first-order valence-electron chi connectivity index (χ1n) is 8.44. The summed E-state index contributed by atoms with van der Waals surface area (Å²) in [5, 5.41) is 14.8. The van der Waals surface area contributed by atoms with Crippen LogP contribution in [-0.2, 0) is 4.79 Å². The number of hydrazone groups is 1. The number of benzene rings is 2. The third-order valence-corrected chi connectivity index (χ3v) is 3.40. The molecule has 9 heteroatoms. The Balaban J connectivity index is 2.00. The van der Waals surface area contributed by atoms with E-state index >= 15 is 0 Å². The van der Waals surface area contributed by atoms with E-state index in [0.717, 1.165) is 0 Å². The summed E-state index contributed by atoms with van der Waals surface area (Å²) >= 11 is 0. The predicted octanol–water partition coefficient (Wildman–Crippen LogP) is 2.92. The predicted molar refractivity (Wildman–Crippen MR) is 103 cm³/mol. The van der Waals surface area contributed by atoms with Crippen LogP contribution in [0.5, 0.6) is 17.2 Å². The molecule has 0 saturated heterocycles. The fourth-order valence-electron chi connectivity index (χ4n) is 2.24. The lowest BCUT2D eigenvalue weighted by atomic mass is 10.2. The van der Waals surface area contributed by atoms with Gasteiger partial charge in [0.05, 0.1) is 24.4 Å². The Hall–Kier alpha value is -3.62. The van der Waals surface area contributed by atoms with Gasteiger partial charge >= 0.3 is 5.69 Å². The topological polar surface area (TPSA) is 112 Å². The standard InChI is InChI=1S/C19H21N3O6/c1-13(2)28-19-14(7-6-10-17(19)26-3)11-20-21-18(23)12-27-16-9-5-4-8-15(16)22(24)25/h4-11,13H,12H2,1-3H3,(H,21,23)/b20-11-. The fourth-order valence-corrected chi connectivity index (χ4v) is 2.24. The number of amides is 1. The van der Waals surface area contributed by atoms with Crippen LogP contribution in [0.25, 0.3) is 0 Å². The van der Waals surface area contributed by atoms with Gasteiger partial charge in [-0.2, -0.15) is 5.10 Å². The lowest BCUT2D eigenvalue weighted by molar-refractivity contribution is -0.385. The minimum Gasteiger partial charge on any atom is -0.493 e. The first-order chi connectivity index (χ1) is 13.4. The molecule has 0 spiro atoms. The molecule has 0 aromatic heterocycles. The number of nitrogens with zero attached hydrogens (tertiary/aromatic N) is 2. The van der Waals surface area contributed by atoms with Crippen LogP contribution in [0, 0.1) is 10.1 Å². The van der Waals surface area contributed by atoms with Crippen molar-refractivity contribution in [2.75, 3.05) is 13.7 Å². The van der Waals surface area contributed by atoms with E-state index in [4.69, 9.17) is 14.2 Å². The van der Waals surface area contributed by atoms with Crippen molar-refractivity contribution >= 4 is 17.8 Å². The molecule has 0 fully saturated rings. The molecule has 2 aromatic carbocycles. The van der Waals surface area contributed by atoms with E-state index < -0.39 is 17.4 Å². The summed E-state index contributed by atoms with van der Waals surface area (Å²) in [4.78, 5) is 22.3. The van der Waals surface area contributed by atoms with Crippen LogP contribution in [0.15, 0.2) is 47.6 Å². The number of para-hydroxylation sites is 3. The Kier molecular flexibility index (Phi) is 7.32. The van der Waals surface area contributed by atoms with Crippen molar-refractivity contribution in [3.63, 3.8) is 0 Å². The normalized spacial score (nSPS) is 10.7. The third kappa shape index (κ3) is 5.70. The highest BCUT2D eigenvalue weighted by atomic mass is 16.6. The lowest BCUT2D eigenvalue weighted by Crippen LogP contribution is -2.24. The number of hydrogen-bond acceptors (Lipinski definition) is 7. The van der Waals surface area contributed by atoms with Gasteiger partial charge in [0.1, 0.15) is 0 Å². The quantitative estimate of drug-likeness (QED) is 0.402. The van der Waals surface area contributed by atoms with Gasteiger partial charge in [-0.05, 0) is 32.0 Å². The van der Waals surface area contributed by atoms with Crippen LogP contribution in [0.2, 0.25) is 0 Å². The molecule has 0 aliphatic carbocycles. The number of hydrogen-bond donors (Lipinski definition) is 1. The summed E-state index contributed by atoms with van der Waals surface area (Å²) in [6.45, 7) is 3.35. The van der Waals surface area contributed by atoms with Crippen LogP contribution >= 0.6 is 0 Å². The van der Waals surface area contributed by atoms with Gasteiger partial charge in [0.15, 0.2) is 23.9 Å². The van der Waals surface area contributed by atoms with Crippen molar-refractivity contribution < 1.29 is 23.9 Å². The van der Waals surface area contributed by atoms with Crippen molar-refractivity contribution in [1.82, 2.24) is 5.43 Å². The molecule has 9 nitrogen and oxygen atoms in total. The van der Waals surface area contributed by atoms with E-state index in [1.54, 1.807) is 24.3 Å². The molecule has 2 aromatic rings. The van der Waals surface area contributed by atoms with Crippen molar-refractivity contribution in [2.24, 2.45) is 5.10 Å². The van der Waals surface area contributed by atoms with Gasteiger partial charge in [0.2, 0.25) is 0 Å². The zero-order valence-electron chi connectivity index (χ0n) is 15.7. The van der Waals surface area contributed by atoms with Crippen molar-refractivity contribution in [1.29, 1.82) is 0 Å². The summed E-state index contributed by atoms with van der Waals surface area (Å²) in [5.74, 6) is 0.494. The molecule has 1 N–H and O–H groups in total. The molecule has 0 heterocycles. The zero-order valence-corrected chi connectivity index (χ0v) is 15.7. The van der Waals surface area contributed by atoms with E-state index in [1.807, 2.05) is 13.8 Å². The maximum absolute atomic E-state index is 11.9. The van der Waals surface area contributed by atoms with Gasteiger partial charge in [-0.1, -0.05) is 18.2 Å². The molecule has 2 rings (SSSR count). The largest absolute Gasteiger partial charge is 0.493 e. The molecule has 0 bridgehead atoms. The number of carbonyl (C=O) groups is 1. The molecule has 0 aliphatic rings. The number of carbonyl (C=O) groups excluding carboxylic acids is 1. The van der Waals surface area contributed by atoms with Crippen LogP contribution in [0.3, 0.4) is 0 Å². The molecule has 0 unspecified atom stereocenters. The van der Waals surface area contributed by atoms with Gasteiger partial charge in [0, 0.05) is 11.6 Å². The van der Waals surface area contributed by atoms with Gasteiger partial charge in [0.25, 0.3) is 5.91 Å². The second-order valence-electron chi connectivity index (χ2n) is 5.85. The zero-order chi connectivity index (χ0) is 20.5. The van der Waals surface area contributed by atoms with E-state index in [-0.39, 0.29) is 17.5 Å². The first-order valence-corrected chi connectivity index (χ1v) is 8.44. The molecular formula is C19H21N3O6. The molecule has 0 aliphatic heterocycles. The van der Waals surface area contributed by atoms with E-state index in [1.165, 1.54) is 31.5 Å². The highest BCUT2D eigenvalue weighted by Gasteiger charge is 2.15. The Morgan fingerprint density at radius 3 is 2.61 bits per heavy atom. The van der Waals surface area contributed by atoms with Crippen LogP contribution in [-0.4, -0.2) is 36.9 Å². The van der Waals surface area contributed by atoms with Crippen LogP contribution in [0.4, 0.5) is 5.69 Å². The summed E-state index contributed by atoms with van der Waals surface area (Å²) in [7, 11) is 1.53. The highest BCUT2D eigenvalue weighted by Crippen LogP contribution is 2.31. The maximum Gasteiger partial charge on any atom is 0.310 e. The lowest BCUT2D eigenvalue weighted by Gasteiger charge is -2.15. The Bertz CT molecular complexity index is 866. The average Bonchev–Trinajstić information content (AvgIpc) is 2.67. The number of nitrogens with one attached hydrogen (secondary N) is 1. The van der Waals surface area contributed by atoms with E-state index in [2.05, 4.69) is 10.5 Å². The fraction of sp³-hybridized carbons (Fsp3) is 0.263. The SMILES string of the molecule is COc1cccc(/C=N\NC(=O)COc2ccccc2[N+](=O)[O-])c1OC(C)C. The molecule has 148 valence electrons. The summed E-state index contributed by atoms with van der Waals surface area (Å²) in [5.41, 5.74) is 2.71. The molecule has 0 saturated carbocycles. The number of methoxy groups -OCH3 is 1. The van der Waals surface area contributed by atoms with E-state index in [9.17, 15) is 14.9 Å². The van der Waals surface area contributed by atoms with E-state index in [0.29, 0.717) is 17.1 Å². The number of nitro groups is 1. The summed E-state index contributed by atoms with van der Waals surface area (Å²) in [6.07, 6.45) is 1.34. The molecule has 0 atom stereocenters. The monoisotopic (exact) mass is 387 g/mol. The average molecular weight is 387 g/mol. The molecule has 0 radical (unpaired) electrons. The minimum absolute atomic E-state index is 0.00652.